The second-order valence-electron chi connectivity index (χ2n) is 4.90. The van der Waals surface area contributed by atoms with E-state index in [0.717, 1.165) is 12.6 Å². The van der Waals surface area contributed by atoms with Crippen molar-refractivity contribution < 1.29 is 0 Å². The molecule has 1 unspecified atom stereocenters. The zero-order valence-electron chi connectivity index (χ0n) is 9.64. The lowest BCUT2D eigenvalue weighted by Gasteiger charge is -2.24. The predicted octanol–water partition coefficient (Wildman–Crippen LogP) is 1.81. The van der Waals surface area contributed by atoms with E-state index in [1.807, 2.05) is 5.51 Å². The lowest BCUT2D eigenvalue weighted by molar-refractivity contribution is 0.214. The van der Waals surface area contributed by atoms with Crippen LogP contribution in [0.5, 0.6) is 0 Å². The first-order valence-corrected chi connectivity index (χ1v) is 7.19. The summed E-state index contributed by atoms with van der Waals surface area (Å²) in [4.78, 5) is 9.66. The number of thiazole rings is 1. The Morgan fingerprint density at radius 1 is 1.31 bits per heavy atom. The third-order valence-corrected chi connectivity index (χ3v) is 4.39. The van der Waals surface area contributed by atoms with E-state index >= 15 is 0 Å². The number of nitrogens with zero attached hydrogens (tertiary/aromatic N) is 3. The number of hydrogen-bond acceptors (Lipinski definition) is 4. The summed E-state index contributed by atoms with van der Waals surface area (Å²) in [6, 6.07) is 0.820. The lowest BCUT2D eigenvalue weighted by Crippen LogP contribution is -2.36. The summed E-state index contributed by atoms with van der Waals surface area (Å²) in [5.74, 6) is 0. The summed E-state index contributed by atoms with van der Waals surface area (Å²) in [5, 5.41) is 2.18. The molecule has 1 aromatic heterocycles. The van der Waals surface area contributed by atoms with Gasteiger partial charge in [0.15, 0.2) is 0 Å². The summed E-state index contributed by atoms with van der Waals surface area (Å²) in [7, 11) is 0. The normalized spacial score (nSPS) is 27.9. The summed E-state index contributed by atoms with van der Waals surface area (Å²) in [6.07, 6.45) is 4.11. The Kier molecular flexibility index (Phi) is 3.22. The number of aromatic nitrogens is 1. The highest BCUT2D eigenvalue weighted by Gasteiger charge is 2.28. The standard InChI is InChI=1S/C12H19N3S/c1-3-12-8-14(4-2-6-15(12)5-1)7-11-9-16-10-13-11/h9-10,12H,1-8H2. The molecule has 0 aromatic carbocycles. The van der Waals surface area contributed by atoms with Crippen molar-refractivity contribution in [2.24, 2.45) is 0 Å². The molecule has 1 aromatic rings. The molecule has 0 bridgehead atoms. The smallest absolute Gasteiger partial charge is 0.0795 e. The van der Waals surface area contributed by atoms with E-state index < -0.39 is 0 Å². The molecule has 0 amide bonds. The van der Waals surface area contributed by atoms with Gasteiger partial charge in [-0.25, -0.2) is 4.98 Å². The number of hydrogen-bond donors (Lipinski definition) is 0. The zero-order valence-corrected chi connectivity index (χ0v) is 10.5. The van der Waals surface area contributed by atoms with Crippen LogP contribution < -0.4 is 0 Å². The van der Waals surface area contributed by atoms with Crippen molar-refractivity contribution >= 4 is 11.3 Å². The van der Waals surface area contributed by atoms with E-state index in [-0.39, 0.29) is 0 Å². The molecule has 0 aliphatic carbocycles. The van der Waals surface area contributed by atoms with Gasteiger partial charge in [0.1, 0.15) is 0 Å². The third kappa shape index (κ3) is 2.29. The number of rotatable bonds is 2. The molecule has 16 heavy (non-hydrogen) atoms. The van der Waals surface area contributed by atoms with Gasteiger partial charge in [0.05, 0.1) is 11.2 Å². The van der Waals surface area contributed by atoms with Gasteiger partial charge >= 0.3 is 0 Å². The topological polar surface area (TPSA) is 19.4 Å². The van der Waals surface area contributed by atoms with Crippen molar-refractivity contribution in [2.75, 3.05) is 26.2 Å². The lowest BCUT2D eigenvalue weighted by atomic mass is 10.2. The number of fused-ring (bicyclic) bond motifs is 1. The van der Waals surface area contributed by atoms with Gasteiger partial charge in [-0.2, -0.15) is 0 Å². The first-order valence-electron chi connectivity index (χ1n) is 6.25. The molecular weight excluding hydrogens is 218 g/mol. The van der Waals surface area contributed by atoms with Crippen molar-refractivity contribution in [1.29, 1.82) is 0 Å². The van der Waals surface area contributed by atoms with E-state index in [1.54, 1.807) is 11.3 Å². The van der Waals surface area contributed by atoms with Crippen LogP contribution in [0.15, 0.2) is 10.9 Å². The van der Waals surface area contributed by atoms with Gasteiger partial charge < -0.3 is 0 Å². The van der Waals surface area contributed by atoms with Gasteiger partial charge in [0, 0.05) is 24.5 Å². The fourth-order valence-electron chi connectivity index (χ4n) is 2.97. The van der Waals surface area contributed by atoms with Gasteiger partial charge in [-0.15, -0.1) is 11.3 Å². The Labute approximate surface area is 101 Å². The molecule has 3 rings (SSSR count). The third-order valence-electron chi connectivity index (χ3n) is 3.76. The van der Waals surface area contributed by atoms with Crippen LogP contribution in [0.4, 0.5) is 0 Å². The fraction of sp³-hybridized carbons (Fsp3) is 0.750. The monoisotopic (exact) mass is 237 g/mol. The van der Waals surface area contributed by atoms with Crippen molar-refractivity contribution in [1.82, 2.24) is 14.8 Å². The van der Waals surface area contributed by atoms with E-state index in [9.17, 15) is 0 Å². The summed E-state index contributed by atoms with van der Waals surface area (Å²) >= 11 is 1.70. The van der Waals surface area contributed by atoms with E-state index in [2.05, 4.69) is 20.2 Å². The molecule has 3 heterocycles. The molecule has 2 fully saturated rings. The molecule has 2 saturated heterocycles. The molecule has 88 valence electrons. The average Bonchev–Trinajstić information content (AvgIpc) is 2.88. The minimum Gasteiger partial charge on any atom is -0.299 e. The van der Waals surface area contributed by atoms with E-state index in [1.165, 1.54) is 51.1 Å². The molecule has 4 heteroatoms. The van der Waals surface area contributed by atoms with E-state index in [4.69, 9.17) is 0 Å². The van der Waals surface area contributed by atoms with Gasteiger partial charge in [-0.05, 0) is 38.9 Å². The molecule has 0 radical (unpaired) electrons. The Balaban J connectivity index is 1.63. The van der Waals surface area contributed by atoms with Crippen molar-refractivity contribution in [3.63, 3.8) is 0 Å². The highest BCUT2D eigenvalue weighted by atomic mass is 32.1. The molecule has 2 aliphatic rings. The Morgan fingerprint density at radius 2 is 2.25 bits per heavy atom. The molecule has 0 saturated carbocycles. The van der Waals surface area contributed by atoms with Crippen LogP contribution in [-0.2, 0) is 6.54 Å². The highest BCUT2D eigenvalue weighted by molar-refractivity contribution is 7.07. The summed E-state index contributed by atoms with van der Waals surface area (Å²) in [6.45, 7) is 6.17. The van der Waals surface area contributed by atoms with Gasteiger partial charge in [0.2, 0.25) is 0 Å². The van der Waals surface area contributed by atoms with Gasteiger partial charge in [-0.1, -0.05) is 0 Å². The highest BCUT2D eigenvalue weighted by Crippen LogP contribution is 2.22. The Bertz CT molecular complexity index is 325. The maximum absolute atomic E-state index is 4.39. The van der Waals surface area contributed by atoms with Crippen LogP contribution in [0.1, 0.15) is 25.0 Å². The summed E-state index contributed by atoms with van der Waals surface area (Å²) < 4.78 is 0. The maximum atomic E-state index is 4.39. The fourth-order valence-corrected chi connectivity index (χ4v) is 3.52. The predicted molar refractivity (Wildman–Crippen MR) is 66.6 cm³/mol. The molecule has 3 nitrogen and oxygen atoms in total. The minimum atomic E-state index is 0.820. The quantitative estimate of drug-likeness (QED) is 0.782. The Morgan fingerprint density at radius 3 is 3.12 bits per heavy atom. The van der Waals surface area contributed by atoms with Crippen LogP contribution in [0, 0.1) is 0 Å². The molecule has 0 N–H and O–H groups in total. The van der Waals surface area contributed by atoms with Crippen LogP contribution in [0.3, 0.4) is 0 Å². The first-order chi connectivity index (χ1) is 7.92. The molecule has 1 atom stereocenters. The average molecular weight is 237 g/mol. The molecular formula is C12H19N3S. The van der Waals surface area contributed by atoms with Gasteiger partial charge in [-0.3, -0.25) is 9.80 Å². The zero-order chi connectivity index (χ0) is 10.8. The SMILES string of the molecule is c1nc(CN2CCCN3CCCC3C2)cs1. The van der Waals surface area contributed by atoms with Gasteiger partial charge in [0.25, 0.3) is 0 Å². The maximum Gasteiger partial charge on any atom is 0.0795 e. The van der Waals surface area contributed by atoms with Crippen LogP contribution in [0.25, 0.3) is 0 Å². The van der Waals surface area contributed by atoms with Crippen molar-refractivity contribution in [3.8, 4) is 0 Å². The van der Waals surface area contributed by atoms with E-state index in [0.29, 0.717) is 0 Å². The minimum absolute atomic E-state index is 0.820. The first kappa shape index (κ1) is 10.7. The van der Waals surface area contributed by atoms with Crippen molar-refractivity contribution in [2.45, 2.75) is 31.8 Å². The summed E-state index contributed by atoms with van der Waals surface area (Å²) in [5.41, 5.74) is 3.19. The largest absolute Gasteiger partial charge is 0.299 e. The molecule has 0 spiro atoms. The van der Waals surface area contributed by atoms with Crippen LogP contribution in [0.2, 0.25) is 0 Å². The van der Waals surface area contributed by atoms with Crippen LogP contribution >= 0.6 is 11.3 Å². The van der Waals surface area contributed by atoms with Crippen molar-refractivity contribution in [3.05, 3.63) is 16.6 Å². The Hall–Kier alpha value is -0.450. The second-order valence-corrected chi connectivity index (χ2v) is 5.62. The molecule has 2 aliphatic heterocycles. The van der Waals surface area contributed by atoms with Crippen LogP contribution in [-0.4, -0.2) is 47.0 Å². The second kappa shape index (κ2) is 4.82.